The van der Waals surface area contributed by atoms with Crippen LogP contribution in [-0.2, 0) is 17.8 Å². The summed E-state index contributed by atoms with van der Waals surface area (Å²) in [5, 5.41) is 10.7. The predicted molar refractivity (Wildman–Crippen MR) is 139 cm³/mol. The van der Waals surface area contributed by atoms with E-state index in [1.54, 1.807) is 30.3 Å². The number of aromatic nitrogens is 5. The highest BCUT2D eigenvalue weighted by molar-refractivity contribution is 8.00. The fraction of sp³-hybridized carbons (Fsp3) is 0.304. The molecule has 0 saturated heterocycles. The standard InChI is InChI=1S/C23H24N8O3S2/c1-9-6-26-13(11(3)17(9)34-4)7-31-19-16-12(30-31)5-14(36-22(16)29-23(25)27-19)20(33)28-21-15(18(24)32)10(2)8-35-21/h6,8,14H,5,7H2,1-4H3,(H2,24,32)(H,28,33)(H2,25,27,29). The monoisotopic (exact) mass is 524 g/mol. The van der Waals surface area contributed by atoms with E-state index in [2.05, 4.69) is 20.3 Å². The van der Waals surface area contributed by atoms with Crippen molar-refractivity contribution in [2.75, 3.05) is 18.2 Å². The summed E-state index contributed by atoms with van der Waals surface area (Å²) >= 11 is 2.56. The van der Waals surface area contributed by atoms with Gasteiger partial charge >= 0.3 is 0 Å². The van der Waals surface area contributed by atoms with Crippen molar-refractivity contribution in [1.82, 2.24) is 24.7 Å². The molecule has 1 unspecified atom stereocenters. The molecule has 5 rings (SSSR count). The lowest BCUT2D eigenvalue weighted by Crippen LogP contribution is -2.29. The van der Waals surface area contributed by atoms with Gasteiger partial charge < -0.3 is 21.5 Å². The van der Waals surface area contributed by atoms with Crippen LogP contribution in [-0.4, -0.2) is 48.9 Å². The number of nitrogens with zero attached hydrogens (tertiary/aromatic N) is 5. The normalized spacial score (nSPS) is 14.7. The van der Waals surface area contributed by atoms with E-state index in [4.69, 9.17) is 21.3 Å². The third-order valence-corrected chi connectivity index (χ3v) is 8.28. The van der Waals surface area contributed by atoms with E-state index < -0.39 is 11.2 Å². The van der Waals surface area contributed by atoms with E-state index in [0.717, 1.165) is 33.5 Å². The number of methoxy groups -OCH3 is 1. The molecule has 1 aliphatic rings. The number of hydrogen-bond acceptors (Lipinski definition) is 10. The fourth-order valence-corrected chi connectivity index (χ4v) is 6.47. The number of anilines is 2. The first kappa shape index (κ1) is 24.0. The highest BCUT2D eigenvalue weighted by Gasteiger charge is 2.33. The van der Waals surface area contributed by atoms with Crippen molar-refractivity contribution in [2.45, 2.75) is 44.0 Å². The summed E-state index contributed by atoms with van der Waals surface area (Å²) in [4.78, 5) is 38.4. The number of ether oxygens (including phenoxy) is 1. The summed E-state index contributed by atoms with van der Waals surface area (Å²) in [5.41, 5.74) is 16.5. The third-order valence-electron chi connectivity index (χ3n) is 6.08. The molecule has 5 N–H and O–H groups in total. The molecule has 0 saturated carbocycles. The van der Waals surface area contributed by atoms with Gasteiger partial charge in [0.05, 0.1) is 41.2 Å². The summed E-state index contributed by atoms with van der Waals surface area (Å²) in [6.07, 6.45) is 2.13. The number of nitrogen functional groups attached to an aromatic ring is 1. The van der Waals surface area contributed by atoms with Crippen LogP contribution in [0, 0.1) is 20.8 Å². The number of carbonyl (C=O) groups is 2. The smallest absolute Gasteiger partial charge is 0.251 e. The van der Waals surface area contributed by atoms with Crippen molar-refractivity contribution in [3.8, 4) is 5.75 Å². The molecule has 13 heteroatoms. The van der Waals surface area contributed by atoms with E-state index in [1.165, 1.54) is 23.1 Å². The molecule has 0 radical (unpaired) electrons. The first-order valence-electron chi connectivity index (χ1n) is 11.0. The molecule has 0 aromatic carbocycles. The quantitative estimate of drug-likeness (QED) is 0.322. The topological polar surface area (TPSA) is 164 Å². The summed E-state index contributed by atoms with van der Waals surface area (Å²) in [5.74, 6) is 0.0241. The minimum Gasteiger partial charge on any atom is -0.496 e. The van der Waals surface area contributed by atoms with Gasteiger partial charge in [-0.3, -0.25) is 14.6 Å². The Morgan fingerprint density at radius 2 is 2.03 bits per heavy atom. The maximum atomic E-state index is 13.2. The van der Waals surface area contributed by atoms with Gasteiger partial charge in [0.25, 0.3) is 5.91 Å². The largest absolute Gasteiger partial charge is 0.496 e. The average Bonchev–Trinajstić information content (AvgIpc) is 3.36. The number of pyridine rings is 1. The second kappa shape index (κ2) is 9.06. The molecule has 2 amide bonds. The Morgan fingerprint density at radius 3 is 2.75 bits per heavy atom. The Hall–Kier alpha value is -3.71. The van der Waals surface area contributed by atoms with Crippen molar-refractivity contribution in [2.24, 2.45) is 5.73 Å². The van der Waals surface area contributed by atoms with Crippen LogP contribution in [0.4, 0.5) is 10.9 Å². The summed E-state index contributed by atoms with van der Waals surface area (Å²) in [6, 6.07) is 0. The Bertz CT molecular complexity index is 1540. The van der Waals surface area contributed by atoms with Crippen LogP contribution >= 0.6 is 23.1 Å². The van der Waals surface area contributed by atoms with Gasteiger partial charge in [0.15, 0.2) is 5.65 Å². The first-order chi connectivity index (χ1) is 17.2. The lowest BCUT2D eigenvalue weighted by molar-refractivity contribution is -0.115. The van der Waals surface area contributed by atoms with Gasteiger partial charge in [0.2, 0.25) is 11.9 Å². The molecule has 0 fully saturated rings. The zero-order valence-electron chi connectivity index (χ0n) is 20.1. The van der Waals surface area contributed by atoms with Gasteiger partial charge in [-0.05, 0) is 31.7 Å². The SMILES string of the molecule is COc1c(C)cnc(Cn2nc3c4c(nc(N)nc42)SC(C(=O)Nc2scc(C)c2C(N)=O)C3)c1C. The maximum Gasteiger partial charge on any atom is 0.251 e. The molecule has 4 aromatic rings. The van der Waals surface area contributed by atoms with Gasteiger partial charge in [0.1, 0.15) is 15.8 Å². The molecule has 36 heavy (non-hydrogen) atoms. The number of primary amides is 1. The van der Waals surface area contributed by atoms with Crippen molar-refractivity contribution in [3.63, 3.8) is 0 Å². The van der Waals surface area contributed by atoms with Gasteiger partial charge in [-0.2, -0.15) is 10.1 Å². The highest BCUT2D eigenvalue weighted by Crippen LogP contribution is 2.39. The van der Waals surface area contributed by atoms with Crippen molar-refractivity contribution < 1.29 is 14.3 Å². The molecule has 11 nitrogen and oxygen atoms in total. The molecular weight excluding hydrogens is 500 g/mol. The van der Waals surface area contributed by atoms with Crippen LogP contribution in [0.25, 0.3) is 11.0 Å². The number of nitrogens with one attached hydrogen (secondary N) is 1. The second-order valence-electron chi connectivity index (χ2n) is 8.52. The van der Waals surface area contributed by atoms with Crippen molar-refractivity contribution in [1.29, 1.82) is 0 Å². The number of thioether (sulfide) groups is 1. The lowest BCUT2D eigenvalue weighted by Gasteiger charge is -2.19. The van der Waals surface area contributed by atoms with Gasteiger partial charge in [-0.1, -0.05) is 11.8 Å². The van der Waals surface area contributed by atoms with Crippen LogP contribution in [0.3, 0.4) is 0 Å². The average molecular weight is 525 g/mol. The zero-order chi connectivity index (χ0) is 25.7. The van der Waals surface area contributed by atoms with Crippen LogP contribution in [0.1, 0.15) is 38.4 Å². The van der Waals surface area contributed by atoms with Gasteiger partial charge in [-0.25, -0.2) is 9.67 Å². The number of nitrogens with two attached hydrogens (primary N) is 2. The number of rotatable bonds is 6. The molecule has 0 bridgehead atoms. The molecule has 4 aromatic heterocycles. The predicted octanol–water partition coefficient (Wildman–Crippen LogP) is 2.60. The Kier molecular flexibility index (Phi) is 6.04. The van der Waals surface area contributed by atoms with E-state index in [0.29, 0.717) is 39.9 Å². The number of hydrogen-bond donors (Lipinski definition) is 3. The zero-order valence-corrected chi connectivity index (χ0v) is 21.7. The Balaban J connectivity index is 1.47. The van der Waals surface area contributed by atoms with Crippen LogP contribution in [0.2, 0.25) is 0 Å². The number of carbonyl (C=O) groups excluding carboxylic acids is 2. The summed E-state index contributed by atoms with van der Waals surface area (Å²) in [7, 11) is 1.63. The molecular formula is C23H24N8O3S2. The third kappa shape index (κ3) is 4.03. The Labute approximate surface area is 214 Å². The van der Waals surface area contributed by atoms with E-state index >= 15 is 0 Å². The van der Waals surface area contributed by atoms with Gasteiger partial charge in [-0.15, -0.1) is 11.3 Å². The molecule has 0 aliphatic carbocycles. The maximum absolute atomic E-state index is 13.2. The molecule has 1 atom stereocenters. The highest BCUT2D eigenvalue weighted by atomic mass is 32.2. The van der Waals surface area contributed by atoms with Crippen LogP contribution in [0.5, 0.6) is 5.75 Å². The number of aryl methyl sites for hydroxylation is 2. The summed E-state index contributed by atoms with van der Waals surface area (Å²) in [6.45, 7) is 6.03. The lowest BCUT2D eigenvalue weighted by atomic mass is 10.1. The van der Waals surface area contributed by atoms with Crippen molar-refractivity contribution in [3.05, 3.63) is 45.2 Å². The Morgan fingerprint density at radius 1 is 1.25 bits per heavy atom. The molecule has 5 heterocycles. The van der Waals surface area contributed by atoms with Gasteiger partial charge in [0, 0.05) is 23.7 Å². The fourth-order valence-electron chi connectivity index (χ4n) is 4.37. The minimum atomic E-state index is -0.580. The summed E-state index contributed by atoms with van der Waals surface area (Å²) < 4.78 is 7.28. The first-order valence-corrected chi connectivity index (χ1v) is 12.8. The molecule has 0 spiro atoms. The van der Waals surface area contributed by atoms with E-state index in [-0.39, 0.29) is 11.9 Å². The van der Waals surface area contributed by atoms with E-state index in [1.807, 2.05) is 13.8 Å². The minimum absolute atomic E-state index is 0.0924. The van der Waals surface area contributed by atoms with Crippen LogP contribution in [0.15, 0.2) is 16.6 Å². The number of thiophene rings is 1. The van der Waals surface area contributed by atoms with E-state index in [9.17, 15) is 9.59 Å². The molecule has 1 aliphatic heterocycles. The van der Waals surface area contributed by atoms with Crippen molar-refractivity contribution >= 4 is 56.9 Å². The van der Waals surface area contributed by atoms with Crippen LogP contribution < -0.4 is 21.5 Å². The second-order valence-corrected chi connectivity index (χ2v) is 10.6. The number of amides is 2. The molecule has 186 valence electrons.